The molecule has 0 bridgehead atoms. The second-order valence-corrected chi connectivity index (χ2v) is 6.60. The lowest BCUT2D eigenvalue weighted by Gasteiger charge is -2.15. The number of aliphatic hydroxyl groups excluding tert-OH is 1. The molecule has 1 heterocycles. The summed E-state index contributed by atoms with van der Waals surface area (Å²) in [5.41, 5.74) is 2.80. The van der Waals surface area contributed by atoms with Crippen LogP contribution in [0.3, 0.4) is 0 Å². The minimum Gasteiger partial charge on any atom is -0.497 e. The largest absolute Gasteiger partial charge is 0.497 e. The van der Waals surface area contributed by atoms with Gasteiger partial charge in [0.15, 0.2) is 0 Å². The predicted octanol–water partition coefficient (Wildman–Crippen LogP) is 2.91. The number of carbonyl (C=O) groups excluding carboxylic acids is 1. The van der Waals surface area contributed by atoms with Crippen molar-refractivity contribution in [3.05, 3.63) is 54.1 Å². The molecule has 0 saturated heterocycles. The summed E-state index contributed by atoms with van der Waals surface area (Å²) in [7, 11) is 3.20. The third kappa shape index (κ3) is 4.46. The Morgan fingerprint density at radius 3 is 2.21 bits per heavy atom. The fourth-order valence-corrected chi connectivity index (χ4v) is 3.14. The highest BCUT2D eigenvalue weighted by atomic mass is 16.5. The molecule has 3 rings (SSSR count). The zero-order valence-electron chi connectivity index (χ0n) is 16.8. The Morgan fingerprint density at radius 1 is 1.07 bits per heavy atom. The van der Waals surface area contributed by atoms with Crippen LogP contribution in [0, 0.1) is 5.92 Å². The molecule has 7 heteroatoms. The molecule has 29 heavy (non-hydrogen) atoms. The lowest BCUT2D eigenvalue weighted by molar-refractivity contribution is -0.118. The van der Waals surface area contributed by atoms with Gasteiger partial charge in [-0.2, -0.15) is 10.1 Å². The van der Waals surface area contributed by atoms with E-state index in [1.165, 1.54) is 5.01 Å². The van der Waals surface area contributed by atoms with E-state index in [0.717, 1.165) is 11.3 Å². The van der Waals surface area contributed by atoms with Gasteiger partial charge in [0.05, 0.1) is 25.6 Å². The number of rotatable bonds is 8. The number of ether oxygens (including phenoxy) is 2. The first-order valence-electron chi connectivity index (χ1n) is 9.41. The van der Waals surface area contributed by atoms with Crippen molar-refractivity contribution < 1.29 is 19.4 Å². The third-order valence-corrected chi connectivity index (χ3v) is 4.73. The summed E-state index contributed by atoms with van der Waals surface area (Å²) in [5, 5.41) is 15.1. The van der Waals surface area contributed by atoms with Gasteiger partial charge in [0.1, 0.15) is 17.4 Å². The summed E-state index contributed by atoms with van der Waals surface area (Å²) in [4.78, 5) is 17.8. The van der Waals surface area contributed by atoms with Crippen LogP contribution in [0.1, 0.15) is 18.9 Å². The number of methoxy groups -OCH3 is 2. The molecule has 1 unspecified atom stereocenters. The highest BCUT2D eigenvalue weighted by Crippen LogP contribution is 2.29. The standard InChI is InChI=1S/C22H25N3O4/c1-15(23-13-4-14-26)20-21(16-5-9-18(28-2)10-6-16)24-25(22(20)27)17-7-11-19(29-3)12-8-17/h5-12,20,26H,4,13-14H2,1-3H3. The number of aliphatic imine (C=N–C) groups is 1. The highest BCUT2D eigenvalue weighted by Gasteiger charge is 2.39. The maximum Gasteiger partial charge on any atom is 0.262 e. The van der Waals surface area contributed by atoms with E-state index in [4.69, 9.17) is 14.6 Å². The SMILES string of the molecule is COc1ccc(C2=NN(c3ccc(OC)cc3)C(=O)C2C(C)=NCCCO)cc1. The lowest BCUT2D eigenvalue weighted by atomic mass is 9.93. The summed E-state index contributed by atoms with van der Waals surface area (Å²) in [5.74, 6) is 0.698. The van der Waals surface area contributed by atoms with Crippen LogP contribution in [0.15, 0.2) is 58.6 Å². The quantitative estimate of drug-likeness (QED) is 0.550. The molecule has 1 aliphatic heterocycles. The average Bonchev–Trinajstić information content (AvgIpc) is 3.11. The molecule has 0 radical (unpaired) electrons. The Hall–Kier alpha value is -3.19. The molecule has 1 aliphatic rings. The van der Waals surface area contributed by atoms with Crippen LogP contribution in [0.2, 0.25) is 0 Å². The molecule has 0 spiro atoms. The summed E-state index contributed by atoms with van der Waals surface area (Å²) in [6, 6.07) is 14.6. The Labute approximate surface area is 170 Å². The summed E-state index contributed by atoms with van der Waals surface area (Å²) in [6.07, 6.45) is 0.551. The van der Waals surface area contributed by atoms with E-state index in [2.05, 4.69) is 10.1 Å². The molecule has 2 aromatic rings. The molecular weight excluding hydrogens is 370 g/mol. The van der Waals surface area contributed by atoms with Crippen molar-refractivity contribution in [3.63, 3.8) is 0 Å². The molecule has 0 saturated carbocycles. The summed E-state index contributed by atoms with van der Waals surface area (Å²) < 4.78 is 10.4. The van der Waals surface area contributed by atoms with E-state index in [1.54, 1.807) is 38.5 Å². The number of carbonyl (C=O) groups is 1. The lowest BCUT2D eigenvalue weighted by Crippen LogP contribution is -2.32. The van der Waals surface area contributed by atoms with Crippen molar-refractivity contribution in [1.82, 2.24) is 0 Å². The second kappa shape index (κ2) is 9.34. The molecule has 2 aromatic carbocycles. The van der Waals surface area contributed by atoms with Gasteiger partial charge in [-0.3, -0.25) is 9.79 Å². The normalized spacial score (nSPS) is 16.8. The monoisotopic (exact) mass is 395 g/mol. The fraction of sp³-hybridized carbons (Fsp3) is 0.318. The van der Waals surface area contributed by atoms with Gasteiger partial charge in [0, 0.05) is 18.9 Å². The summed E-state index contributed by atoms with van der Waals surface area (Å²) >= 11 is 0. The Kier molecular flexibility index (Phi) is 6.61. The Morgan fingerprint density at radius 2 is 1.66 bits per heavy atom. The van der Waals surface area contributed by atoms with Crippen LogP contribution >= 0.6 is 0 Å². The van der Waals surface area contributed by atoms with Crippen LogP contribution in [0.5, 0.6) is 11.5 Å². The maximum absolute atomic E-state index is 13.3. The van der Waals surface area contributed by atoms with Gasteiger partial charge in [0.25, 0.3) is 5.91 Å². The molecule has 0 fully saturated rings. The molecule has 1 N–H and O–H groups in total. The molecule has 1 amide bonds. The molecule has 0 aliphatic carbocycles. The van der Waals surface area contributed by atoms with Gasteiger partial charge in [-0.15, -0.1) is 0 Å². The van der Waals surface area contributed by atoms with Crippen molar-refractivity contribution in [2.75, 3.05) is 32.4 Å². The van der Waals surface area contributed by atoms with Crippen LogP contribution in [-0.2, 0) is 4.79 Å². The molecular formula is C22H25N3O4. The minimum absolute atomic E-state index is 0.0623. The topological polar surface area (TPSA) is 83.7 Å². The molecule has 1 atom stereocenters. The van der Waals surface area contributed by atoms with Crippen LogP contribution < -0.4 is 14.5 Å². The van der Waals surface area contributed by atoms with Gasteiger partial charge in [0.2, 0.25) is 0 Å². The van der Waals surface area contributed by atoms with Crippen molar-refractivity contribution in [2.45, 2.75) is 13.3 Å². The zero-order chi connectivity index (χ0) is 20.8. The summed E-state index contributed by atoms with van der Waals surface area (Å²) in [6.45, 7) is 2.36. The Bertz CT molecular complexity index is 905. The number of hydrogen-bond donors (Lipinski definition) is 1. The van der Waals surface area contributed by atoms with Crippen LogP contribution in [-0.4, -0.2) is 49.8 Å². The van der Waals surface area contributed by atoms with Crippen molar-refractivity contribution >= 4 is 23.0 Å². The number of aliphatic hydroxyl groups is 1. The van der Waals surface area contributed by atoms with E-state index in [-0.39, 0.29) is 12.5 Å². The average molecular weight is 395 g/mol. The maximum atomic E-state index is 13.3. The predicted molar refractivity (Wildman–Crippen MR) is 113 cm³/mol. The highest BCUT2D eigenvalue weighted by molar-refractivity contribution is 6.32. The van der Waals surface area contributed by atoms with E-state index >= 15 is 0 Å². The first-order chi connectivity index (χ1) is 14.1. The van der Waals surface area contributed by atoms with E-state index in [1.807, 2.05) is 31.2 Å². The number of anilines is 1. The zero-order valence-corrected chi connectivity index (χ0v) is 16.8. The van der Waals surface area contributed by atoms with Gasteiger partial charge in [-0.1, -0.05) is 0 Å². The van der Waals surface area contributed by atoms with E-state index in [9.17, 15) is 4.79 Å². The van der Waals surface area contributed by atoms with Crippen molar-refractivity contribution in [2.24, 2.45) is 16.0 Å². The van der Waals surface area contributed by atoms with Crippen LogP contribution in [0.4, 0.5) is 5.69 Å². The fourth-order valence-electron chi connectivity index (χ4n) is 3.14. The van der Waals surface area contributed by atoms with E-state index < -0.39 is 5.92 Å². The molecule has 152 valence electrons. The number of hydrazone groups is 1. The van der Waals surface area contributed by atoms with Gasteiger partial charge in [-0.25, -0.2) is 0 Å². The first-order valence-corrected chi connectivity index (χ1v) is 9.41. The molecule has 0 aromatic heterocycles. The van der Waals surface area contributed by atoms with Crippen molar-refractivity contribution in [1.29, 1.82) is 0 Å². The number of hydrogen-bond acceptors (Lipinski definition) is 6. The smallest absolute Gasteiger partial charge is 0.262 e. The second-order valence-electron chi connectivity index (χ2n) is 6.60. The first kappa shape index (κ1) is 20.5. The number of nitrogens with zero attached hydrogens (tertiary/aromatic N) is 3. The molecule has 7 nitrogen and oxygen atoms in total. The third-order valence-electron chi connectivity index (χ3n) is 4.73. The van der Waals surface area contributed by atoms with Crippen LogP contribution in [0.25, 0.3) is 0 Å². The number of amides is 1. The van der Waals surface area contributed by atoms with E-state index in [0.29, 0.717) is 35.8 Å². The van der Waals surface area contributed by atoms with Gasteiger partial charge < -0.3 is 14.6 Å². The van der Waals surface area contributed by atoms with Gasteiger partial charge in [-0.05, 0) is 67.4 Å². The Balaban J connectivity index is 1.99. The van der Waals surface area contributed by atoms with Crippen molar-refractivity contribution in [3.8, 4) is 11.5 Å². The van der Waals surface area contributed by atoms with Gasteiger partial charge >= 0.3 is 0 Å². The minimum atomic E-state index is -0.579. The number of benzene rings is 2.